The number of aromatic nitrogens is 3. The lowest BCUT2D eigenvalue weighted by atomic mass is 10.1. The van der Waals surface area contributed by atoms with Crippen molar-refractivity contribution in [2.75, 3.05) is 30.3 Å². The van der Waals surface area contributed by atoms with Gasteiger partial charge in [-0.1, -0.05) is 48.5 Å². The molecule has 5 rings (SSSR count). The second-order valence-corrected chi connectivity index (χ2v) is 8.16. The summed E-state index contributed by atoms with van der Waals surface area (Å²) in [6.07, 6.45) is 6.65. The third-order valence-electron chi connectivity index (χ3n) is 5.54. The highest BCUT2D eigenvalue weighted by Gasteiger charge is 2.18. The Morgan fingerprint density at radius 2 is 1.82 bits per heavy atom. The number of fused-ring (bicyclic) bond motifs is 1. The number of aryl methyl sites for hydroxylation is 1. The summed E-state index contributed by atoms with van der Waals surface area (Å²) in [5, 5.41) is 23.5. The Morgan fingerprint density at radius 1 is 1.09 bits per heavy atom. The zero-order valence-corrected chi connectivity index (χ0v) is 19.3. The van der Waals surface area contributed by atoms with E-state index in [1.165, 1.54) is 5.56 Å². The van der Waals surface area contributed by atoms with Crippen molar-refractivity contribution >= 4 is 11.5 Å². The Bertz CT molecular complexity index is 1200. The molecule has 2 aromatic heterocycles. The molecule has 0 radical (unpaired) electrons. The zero-order chi connectivity index (χ0) is 23.6. The molecule has 0 saturated heterocycles. The van der Waals surface area contributed by atoms with Crippen molar-refractivity contribution in [3.8, 4) is 17.2 Å². The molecular formula is C27H35N7. The van der Waals surface area contributed by atoms with Crippen LogP contribution in [0, 0.1) is 11.3 Å². The van der Waals surface area contributed by atoms with Gasteiger partial charge in [-0.2, -0.15) is 10.4 Å². The van der Waals surface area contributed by atoms with Gasteiger partial charge < -0.3 is 16.0 Å². The van der Waals surface area contributed by atoms with E-state index in [4.69, 9.17) is 5.26 Å². The molecule has 0 fully saturated rings. The first-order valence-corrected chi connectivity index (χ1v) is 11.4. The standard InChI is InChI=1S/C21H23N7.C6H6.3H2/c1-28-14-18(11-26-28)17-8-20-21(25-10-17)27-19(13-24-20)12-23-7-6-15-2-4-16(9-22)5-3-15;1-2-4-6-5-3-1;;;/h2-5,8,10-11,14,19,23-24H,6-7,12-13H2,1H3,(H,25,27);1-6H;3*1H/t19-;;;;/m0..../s1. The Balaban J connectivity index is 0.000000673. The molecule has 7 heteroatoms. The quantitative estimate of drug-likeness (QED) is 0.360. The third kappa shape index (κ3) is 6.44. The molecule has 2 aromatic carbocycles. The monoisotopic (exact) mass is 457 g/mol. The summed E-state index contributed by atoms with van der Waals surface area (Å²) in [6, 6.07) is 24.3. The van der Waals surface area contributed by atoms with Crippen LogP contribution in [0.5, 0.6) is 0 Å². The number of nitrogens with zero attached hydrogens (tertiary/aromatic N) is 4. The maximum absolute atomic E-state index is 8.85. The van der Waals surface area contributed by atoms with Crippen LogP contribution in [-0.2, 0) is 13.5 Å². The van der Waals surface area contributed by atoms with Crippen LogP contribution in [0.2, 0.25) is 0 Å². The number of nitriles is 1. The molecule has 3 N–H and O–H groups in total. The third-order valence-corrected chi connectivity index (χ3v) is 5.54. The van der Waals surface area contributed by atoms with Crippen LogP contribution < -0.4 is 16.0 Å². The van der Waals surface area contributed by atoms with E-state index < -0.39 is 0 Å². The van der Waals surface area contributed by atoms with E-state index in [-0.39, 0.29) is 10.3 Å². The fourth-order valence-corrected chi connectivity index (χ4v) is 3.68. The topological polar surface area (TPSA) is 90.6 Å². The van der Waals surface area contributed by atoms with Crippen molar-refractivity contribution in [1.29, 1.82) is 5.26 Å². The predicted molar refractivity (Wildman–Crippen MR) is 143 cm³/mol. The van der Waals surface area contributed by atoms with Crippen molar-refractivity contribution in [2.45, 2.75) is 12.5 Å². The lowest BCUT2D eigenvalue weighted by molar-refractivity contribution is 0.610. The number of nitrogens with one attached hydrogen (secondary N) is 3. The first kappa shape index (κ1) is 23.0. The van der Waals surface area contributed by atoms with Crippen LogP contribution in [0.25, 0.3) is 11.1 Å². The fraction of sp³-hybridized carbons (Fsp3) is 0.222. The normalized spacial score (nSPS) is 13.9. The van der Waals surface area contributed by atoms with Crippen molar-refractivity contribution in [3.05, 3.63) is 96.4 Å². The molecule has 0 unspecified atom stereocenters. The van der Waals surface area contributed by atoms with Gasteiger partial charge in [-0.25, -0.2) is 4.98 Å². The SMILES string of the molecule is Cn1cc(-c2cnc3c(c2)NC[C@H](CNCCc2ccc(C#N)cc2)N3)cn1.[HH].[HH].[HH].c1ccccc1. The van der Waals surface area contributed by atoms with E-state index >= 15 is 0 Å². The molecule has 4 aromatic rings. The molecule has 178 valence electrons. The largest absolute Gasteiger partial charge is 0.380 e. The average molecular weight is 458 g/mol. The highest BCUT2D eigenvalue weighted by atomic mass is 15.2. The highest BCUT2D eigenvalue weighted by Crippen LogP contribution is 2.29. The molecule has 0 saturated carbocycles. The summed E-state index contributed by atoms with van der Waals surface area (Å²) in [4.78, 5) is 4.58. The first-order valence-electron chi connectivity index (χ1n) is 11.4. The fourth-order valence-electron chi connectivity index (χ4n) is 3.68. The number of benzene rings is 2. The molecule has 7 nitrogen and oxygen atoms in total. The highest BCUT2D eigenvalue weighted by molar-refractivity contribution is 5.75. The Hall–Kier alpha value is -4.15. The van der Waals surface area contributed by atoms with Gasteiger partial charge >= 0.3 is 0 Å². The number of rotatable bonds is 6. The molecule has 34 heavy (non-hydrogen) atoms. The van der Waals surface area contributed by atoms with Crippen molar-refractivity contribution in [2.24, 2.45) is 7.05 Å². The van der Waals surface area contributed by atoms with E-state index in [2.05, 4.69) is 38.2 Å². The molecular weight excluding hydrogens is 422 g/mol. The van der Waals surface area contributed by atoms with Gasteiger partial charge in [-0.05, 0) is 36.7 Å². The predicted octanol–water partition coefficient (Wildman–Crippen LogP) is 4.82. The molecule has 1 aliphatic rings. The van der Waals surface area contributed by atoms with Gasteiger partial charge in [-0.15, -0.1) is 0 Å². The van der Waals surface area contributed by atoms with Gasteiger partial charge in [0.05, 0.1) is 29.6 Å². The molecule has 0 spiro atoms. The van der Waals surface area contributed by atoms with Crippen molar-refractivity contribution < 1.29 is 4.28 Å². The van der Waals surface area contributed by atoms with Crippen LogP contribution in [0.1, 0.15) is 15.4 Å². The van der Waals surface area contributed by atoms with Crippen LogP contribution in [0.3, 0.4) is 0 Å². The van der Waals surface area contributed by atoms with Crippen LogP contribution in [-0.4, -0.2) is 40.4 Å². The van der Waals surface area contributed by atoms with Crippen molar-refractivity contribution in [1.82, 2.24) is 20.1 Å². The summed E-state index contributed by atoms with van der Waals surface area (Å²) in [7, 11) is 1.91. The van der Waals surface area contributed by atoms with Gasteiger partial charge in [0.2, 0.25) is 0 Å². The minimum atomic E-state index is 0. The van der Waals surface area contributed by atoms with Crippen LogP contribution >= 0.6 is 0 Å². The van der Waals surface area contributed by atoms with Gasteiger partial charge in [0.25, 0.3) is 0 Å². The Kier molecular flexibility index (Phi) is 7.88. The summed E-state index contributed by atoms with van der Waals surface area (Å²) >= 11 is 0. The van der Waals surface area contributed by atoms with Gasteiger partial charge in [0.1, 0.15) is 5.82 Å². The molecule has 3 heterocycles. The number of pyridine rings is 1. The van der Waals surface area contributed by atoms with E-state index in [9.17, 15) is 0 Å². The maximum Gasteiger partial charge on any atom is 0.149 e. The Morgan fingerprint density at radius 3 is 2.47 bits per heavy atom. The van der Waals surface area contributed by atoms with E-state index in [0.29, 0.717) is 5.56 Å². The maximum atomic E-state index is 8.85. The second-order valence-electron chi connectivity index (χ2n) is 8.16. The zero-order valence-electron chi connectivity index (χ0n) is 19.3. The number of anilines is 2. The van der Waals surface area contributed by atoms with Gasteiger partial charge in [0, 0.05) is 47.9 Å². The lowest BCUT2D eigenvalue weighted by Gasteiger charge is -2.28. The van der Waals surface area contributed by atoms with E-state index in [0.717, 1.165) is 48.7 Å². The minimum Gasteiger partial charge on any atom is -0.380 e. The van der Waals surface area contributed by atoms with Gasteiger partial charge in [-0.3, -0.25) is 4.68 Å². The second kappa shape index (κ2) is 11.6. The molecule has 1 aliphatic heterocycles. The molecule has 0 aliphatic carbocycles. The summed E-state index contributed by atoms with van der Waals surface area (Å²) in [5.74, 6) is 0.887. The summed E-state index contributed by atoms with van der Waals surface area (Å²) < 4.78 is 1.79. The lowest BCUT2D eigenvalue weighted by Crippen LogP contribution is -2.41. The molecule has 1 atom stereocenters. The first-order chi connectivity index (χ1) is 16.7. The number of hydrogen-bond donors (Lipinski definition) is 3. The summed E-state index contributed by atoms with van der Waals surface area (Å²) in [6.45, 7) is 2.59. The van der Waals surface area contributed by atoms with Gasteiger partial charge in [0.15, 0.2) is 0 Å². The van der Waals surface area contributed by atoms with E-state index in [1.807, 2.05) is 86.3 Å². The average Bonchev–Trinajstić information content (AvgIpc) is 3.34. The smallest absolute Gasteiger partial charge is 0.149 e. The van der Waals surface area contributed by atoms with E-state index in [1.54, 1.807) is 4.68 Å². The molecule has 0 amide bonds. The van der Waals surface area contributed by atoms with Crippen LogP contribution in [0.15, 0.2) is 85.3 Å². The minimum absolute atomic E-state index is 0. The molecule has 0 bridgehead atoms. The Labute approximate surface area is 204 Å². The van der Waals surface area contributed by atoms with Crippen LogP contribution in [0.4, 0.5) is 11.5 Å². The summed E-state index contributed by atoms with van der Waals surface area (Å²) in [5.41, 5.74) is 5.07. The van der Waals surface area contributed by atoms with Crippen molar-refractivity contribution in [3.63, 3.8) is 0 Å². The number of hydrogen-bond acceptors (Lipinski definition) is 6.